The molecule has 0 bridgehead atoms. The van der Waals surface area contributed by atoms with Gasteiger partial charge >= 0.3 is 0 Å². The van der Waals surface area contributed by atoms with Gasteiger partial charge in [-0.05, 0) is 36.1 Å². The van der Waals surface area contributed by atoms with Crippen LogP contribution in [-0.4, -0.2) is 21.7 Å². The van der Waals surface area contributed by atoms with E-state index in [1.54, 1.807) is 6.92 Å². The number of benzene rings is 1. The minimum Gasteiger partial charge on any atom is -0.392 e. The fourth-order valence-corrected chi connectivity index (χ4v) is 2.71. The quantitative estimate of drug-likeness (QED) is 0.563. The number of rotatable bonds is 6. The minimum atomic E-state index is -1.13. The van der Waals surface area contributed by atoms with E-state index in [2.05, 4.69) is 5.32 Å². The van der Waals surface area contributed by atoms with Crippen LogP contribution in [0.2, 0.25) is 0 Å². The number of nitro benzene ring substituents is 1. The number of anilines is 1. The van der Waals surface area contributed by atoms with Crippen molar-refractivity contribution >= 4 is 22.7 Å². The first kappa shape index (κ1) is 15.4. The molecule has 7 heteroatoms. The standard InChI is InChI=1S/C14H16N2O4S/c1-14(18,13-3-2-6-21-13)9-15-11-7-10(8-17)4-5-12(11)16(19)20/h2-7,15,17-18H,8-9H2,1H3. The molecule has 0 radical (unpaired) electrons. The van der Waals surface area contributed by atoms with Gasteiger partial charge in [0.2, 0.25) is 0 Å². The van der Waals surface area contributed by atoms with Crippen LogP contribution in [0, 0.1) is 10.1 Å². The molecule has 0 spiro atoms. The van der Waals surface area contributed by atoms with Crippen LogP contribution in [0.25, 0.3) is 0 Å². The SMILES string of the molecule is CC(O)(CNc1cc(CO)ccc1[N+](=O)[O-])c1cccs1. The predicted octanol–water partition coefficient (Wildman–Crippen LogP) is 2.47. The highest BCUT2D eigenvalue weighted by Gasteiger charge is 2.25. The maximum Gasteiger partial charge on any atom is 0.292 e. The Bertz CT molecular complexity index is 626. The Morgan fingerprint density at radius 3 is 2.76 bits per heavy atom. The van der Waals surface area contributed by atoms with Gasteiger partial charge in [0.25, 0.3) is 5.69 Å². The number of hydrogen-bond donors (Lipinski definition) is 3. The van der Waals surface area contributed by atoms with Crippen LogP contribution in [0.1, 0.15) is 17.4 Å². The second-order valence-corrected chi connectivity index (χ2v) is 5.82. The molecule has 1 heterocycles. The molecule has 1 aromatic heterocycles. The maximum absolute atomic E-state index is 11.0. The third-order valence-corrected chi connectivity index (χ3v) is 4.24. The highest BCUT2D eigenvalue weighted by molar-refractivity contribution is 7.10. The van der Waals surface area contributed by atoms with Crippen LogP contribution >= 0.6 is 11.3 Å². The lowest BCUT2D eigenvalue weighted by atomic mass is 10.0. The first-order valence-corrected chi connectivity index (χ1v) is 7.20. The molecule has 112 valence electrons. The van der Waals surface area contributed by atoms with E-state index in [1.165, 1.54) is 29.5 Å². The summed E-state index contributed by atoms with van der Waals surface area (Å²) in [5.74, 6) is 0. The van der Waals surface area contributed by atoms with Crippen molar-refractivity contribution in [1.82, 2.24) is 0 Å². The van der Waals surface area contributed by atoms with E-state index in [0.717, 1.165) is 4.88 Å². The molecule has 0 amide bonds. The maximum atomic E-state index is 11.0. The van der Waals surface area contributed by atoms with Gasteiger partial charge in [0.1, 0.15) is 11.3 Å². The lowest BCUT2D eigenvalue weighted by Gasteiger charge is -2.23. The van der Waals surface area contributed by atoms with Crippen molar-refractivity contribution in [3.8, 4) is 0 Å². The summed E-state index contributed by atoms with van der Waals surface area (Å²) in [5.41, 5.74) is -0.367. The van der Waals surface area contributed by atoms with E-state index in [9.17, 15) is 15.2 Å². The number of nitro groups is 1. The first-order chi connectivity index (χ1) is 9.94. The topological polar surface area (TPSA) is 95.6 Å². The fourth-order valence-electron chi connectivity index (χ4n) is 1.92. The van der Waals surface area contributed by atoms with Crippen molar-refractivity contribution in [3.63, 3.8) is 0 Å². The highest BCUT2D eigenvalue weighted by atomic mass is 32.1. The first-order valence-electron chi connectivity index (χ1n) is 6.32. The fraction of sp³-hybridized carbons (Fsp3) is 0.286. The zero-order valence-electron chi connectivity index (χ0n) is 11.4. The smallest absolute Gasteiger partial charge is 0.292 e. The van der Waals surface area contributed by atoms with Crippen molar-refractivity contribution in [2.45, 2.75) is 19.1 Å². The van der Waals surface area contributed by atoms with Crippen LogP contribution in [0.4, 0.5) is 11.4 Å². The molecule has 2 rings (SSSR count). The van der Waals surface area contributed by atoms with E-state index < -0.39 is 10.5 Å². The van der Waals surface area contributed by atoms with Crippen molar-refractivity contribution in [3.05, 3.63) is 56.3 Å². The van der Waals surface area contributed by atoms with E-state index in [1.807, 2.05) is 17.5 Å². The molecule has 0 aliphatic rings. The van der Waals surface area contributed by atoms with Crippen molar-refractivity contribution < 1.29 is 15.1 Å². The molecule has 21 heavy (non-hydrogen) atoms. The van der Waals surface area contributed by atoms with E-state index in [4.69, 9.17) is 5.11 Å². The van der Waals surface area contributed by atoms with Crippen molar-refractivity contribution in [2.24, 2.45) is 0 Å². The molecule has 0 fully saturated rings. The van der Waals surface area contributed by atoms with Gasteiger partial charge in [-0.25, -0.2) is 0 Å². The van der Waals surface area contributed by atoms with Crippen LogP contribution in [0.3, 0.4) is 0 Å². The Morgan fingerprint density at radius 1 is 1.43 bits per heavy atom. The molecular weight excluding hydrogens is 292 g/mol. The zero-order chi connectivity index (χ0) is 15.5. The molecule has 2 aromatic rings. The average Bonchev–Trinajstić information content (AvgIpc) is 2.99. The number of nitrogens with zero attached hydrogens (tertiary/aromatic N) is 1. The Kier molecular flexibility index (Phi) is 4.56. The van der Waals surface area contributed by atoms with Crippen LogP contribution in [0.5, 0.6) is 0 Å². The van der Waals surface area contributed by atoms with Crippen LogP contribution in [0.15, 0.2) is 35.7 Å². The van der Waals surface area contributed by atoms with Crippen molar-refractivity contribution in [1.29, 1.82) is 0 Å². The third-order valence-electron chi connectivity index (χ3n) is 3.12. The predicted molar refractivity (Wildman–Crippen MR) is 81.4 cm³/mol. The second-order valence-electron chi connectivity index (χ2n) is 4.87. The van der Waals surface area contributed by atoms with Gasteiger partial charge in [-0.3, -0.25) is 10.1 Å². The Labute approximate surface area is 125 Å². The number of aliphatic hydroxyl groups is 2. The highest BCUT2D eigenvalue weighted by Crippen LogP contribution is 2.29. The van der Waals surface area contributed by atoms with Crippen molar-refractivity contribution in [2.75, 3.05) is 11.9 Å². The summed E-state index contributed by atoms with van der Waals surface area (Å²) in [4.78, 5) is 11.3. The number of aliphatic hydroxyl groups excluding tert-OH is 1. The summed E-state index contributed by atoms with van der Waals surface area (Å²) in [6.45, 7) is 1.57. The summed E-state index contributed by atoms with van der Waals surface area (Å²) in [7, 11) is 0. The zero-order valence-corrected chi connectivity index (χ0v) is 12.3. The molecule has 1 atom stereocenters. The van der Waals surface area contributed by atoms with Crippen LogP contribution in [-0.2, 0) is 12.2 Å². The molecule has 0 aliphatic heterocycles. The van der Waals surface area contributed by atoms with Gasteiger partial charge in [0.15, 0.2) is 0 Å². The van der Waals surface area contributed by atoms with Crippen LogP contribution < -0.4 is 5.32 Å². The average molecular weight is 308 g/mol. The lowest BCUT2D eigenvalue weighted by molar-refractivity contribution is -0.384. The molecule has 3 N–H and O–H groups in total. The summed E-state index contributed by atoms with van der Waals surface area (Å²) in [6, 6.07) is 8.01. The van der Waals surface area contributed by atoms with E-state index >= 15 is 0 Å². The molecule has 0 saturated carbocycles. The Balaban J connectivity index is 2.21. The normalized spacial score (nSPS) is 13.7. The summed E-state index contributed by atoms with van der Waals surface area (Å²) >= 11 is 1.42. The third kappa shape index (κ3) is 3.57. The lowest BCUT2D eigenvalue weighted by Crippen LogP contribution is -2.29. The van der Waals surface area contributed by atoms with Gasteiger partial charge in [-0.2, -0.15) is 0 Å². The van der Waals surface area contributed by atoms with Gasteiger partial charge in [-0.1, -0.05) is 6.07 Å². The molecule has 0 saturated heterocycles. The molecule has 1 aromatic carbocycles. The van der Waals surface area contributed by atoms with E-state index in [-0.39, 0.29) is 24.5 Å². The Morgan fingerprint density at radius 2 is 2.19 bits per heavy atom. The summed E-state index contributed by atoms with van der Waals surface area (Å²) in [5, 5.41) is 35.3. The minimum absolute atomic E-state index is 0.0887. The molecule has 6 nitrogen and oxygen atoms in total. The van der Waals surface area contributed by atoms with E-state index in [0.29, 0.717) is 5.56 Å². The van der Waals surface area contributed by atoms with Gasteiger partial charge in [-0.15, -0.1) is 11.3 Å². The summed E-state index contributed by atoms with van der Waals surface area (Å²) in [6.07, 6.45) is 0. The summed E-state index contributed by atoms with van der Waals surface area (Å²) < 4.78 is 0. The second kappa shape index (κ2) is 6.21. The largest absolute Gasteiger partial charge is 0.392 e. The molecular formula is C14H16N2O4S. The molecule has 1 unspecified atom stereocenters. The monoisotopic (exact) mass is 308 g/mol. The van der Waals surface area contributed by atoms with Gasteiger partial charge in [0.05, 0.1) is 11.5 Å². The Hall–Kier alpha value is -1.96. The number of thiophene rings is 1. The van der Waals surface area contributed by atoms with Gasteiger partial charge in [0, 0.05) is 17.5 Å². The van der Waals surface area contributed by atoms with Gasteiger partial charge < -0.3 is 15.5 Å². The number of nitrogens with one attached hydrogen (secondary N) is 1. The number of hydrogen-bond acceptors (Lipinski definition) is 6. The molecule has 0 aliphatic carbocycles.